The van der Waals surface area contributed by atoms with Crippen LogP contribution >= 0.6 is 0 Å². The molecule has 0 aromatic heterocycles. The second-order valence-corrected chi connectivity index (χ2v) is 4.90. The summed E-state index contributed by atoms with van der Waals surface area (Å²) in [5, 5.41) is 0. The number of nitrogens with two attached hydrogens (primary N) is 1. The molecule has 0 aromatic rings. The quantitative estimate of drug-likeness (QED) is 0.665. The van der Waals surface area contributed by atoms with Crippen LogP contribution < -0.4 is 10.5 Å². The standard InChI is InChI=1S/C7H15N3O4S/c1-14-7(11)9-15(12,13)10-5-3-2-4-6(10)8/h6H,2-5,8H2,1H3,(H,9,11). The van der Waals surface area contributed by atoms with Gasteiger partial charge in [-0.3, -0.25) is 0 Å². The van der Waals surface area contributed by atoms with Gasteiger partial charge in [0.15, 0.2) is 0 Å². The summed E-state index contributed by atoms with van der Waals surface area (Å²) < 4.78 is 30.3. The van der Waals surface area contributed by atoms with E-state index in [0.717, 1.165) is 24.3 Å². The Balaban J connectivity index is 2.71. The van der Waals surface area contributed by atoms with Crippen LogP contribution in [0.5, 0.6) is 0 Å². The maximum absolute atomic E-state index is 11.6. The third-order valence-corrected chi connectivity index (χ3v) is 3.70. The van der Waals surface area contributed by atoms with Crippen LogP contribution in [0.2, 0.25) is 0 Å². The number of amides is 1. The summed E-state index contributed by atoms with van der Waals surface area (Å²) in [6, 6.07) is 0. The molecule has 3 N–H and O–H groups in total. The molecule has 1 aliphatic rings. The lowest BCUT2D eigenvalue weighted by Crippen LogP contribution is -2.53. The van der Waals surface area contributed by atoms with Crippen molar-refractivity contribution in [3.05, 3.63) is 0 Å². The lowest BCUT2D eigenvalue weighted by molar-refractivity contribution is 0.175. The van der Waals surface area contributed by atoms with E-state index >= 15 is 0 Å². The van der Waals surface area contributed by atoms with Gasteiger partial charge >= 0.3 is 16.3 Å². The van der Waals surface area contributed by atoms with Crippen LogP contribution in [0.15, 0.2) is 0 Å². The van der Waals surface area contributed by atoms with E-state index < -0.39 is 22.5 Å². The number of methoxy groups -OCH3 is 1. The van der Waals surface area contributed by atoms with Gasteiger partial charge in [-0.05, 0) is 19.3 Å². The number of ether oxygens (including phenoxy) is 1. The van der Waals surface area contributed by atoms with Gasteiger partial charge in [0.25, 0.3) is 0 Å². The highest BCUT2D eigenvalue weighted by Crippen LogP contribution is 2.15. The number of rotatable bonds is 2. The average molecular weight is 237 g/mol. The molecule has 15 heavy (non-hydrogen) atoms. The summed E-state index contributed by atoms with van der Waals surface area (Å²) in [6.07, 6.45) is 0.664. The minimum Gasteiger partial charge on any atom is -0.452 e. The normalized spacial score (nSPS) is 23.5. The number of piperidine rings is 1. The topological polar surface area (TPSA) is 102 Å². The fraction of sp³-hybridized carbons (Fsp3) is 0.857. The molecule has 1 unspecified atom stereocenters. The van der Waals surface area contributed by atoms with Gasteiger partial charge < -0.3 is 10.5 Å². The van der Waals surface area contributed by atoms with Gasteiger partial charge in [0.2, 0.25) is 0 Å². The van der Waals surface area contributed by atoms with Crippen molar-refractivity contribution in [3.8, 4) is 0 Å². The summed E-state index contributed by atoms with van der Waals surface area (Å²) in [5.74, 6) is 0. The molecule has 0 bridgehead atoms. The van der Waals surface area contributed by atoms with Gasteiger partial charge in [0.05, 0.1) is 13.3 Å². The van der Waals surface area contributed by atoms with Crippen molar-refractivity contribution in [3.63, 3.8) is 0 Å². The molecular formula is C7H15N3O4S. The maximum atomic E-state index is 11.6. The second-order valence-electron chi connectivity index (χ2n) is 3.27. The van der Waals surface area contributed by atoms with Crippen molar-refractivity contribution in [2.45, 2.75) is 25.4 Å². The molecule has 0 radical (unpaired) electrons. The fourth-order valence-corrected chi connectivity index (χ4v) is 2.68. The molecule has 1 aliphatic heterocycles. The number of hydrogen-bond acceptors (Lipinski definition) is 5. The molecule has 0 saturated carbocycles. The Labute approximate surface area is 88.7 Å². The van der Waals surface area contributed by atoms with E-state index in [1.54, 1.807) is 4.72 Å². The zero-order valence-electron chi connectivity index (χ0n) is 8.47. The minimum absolute atomic E-state index is 0.327. The number of carbonyl (C=O) groups excluding carboxylic acids is 1. The Hall–Kier alpha value is -0.860. The lowest BCUT2D eigenvalue weighted by Gasteiger charge is -2.31. The first-order chi connectivity index (χ1) is 6.97. The zero-order chi connectivity index (χ0) is 11.5. The van der Waals surface area contributed by atoms with Crippen LogP contribution in [0.25, 0.3) is 0 Å². The molecule has 0 aliphatic carbocycles. The molecule has 1 rings (SSSR count). The second kappa shape index (κ2) is 4.77. The van der Waals surface area contributed by atoms with Crippen molar-refractivity contribution < 1.29 is 17.9 Å². The number of carbonyl (C=O) groups is 1. The number of nitrogens with zero attached hydrogens (tertiary/aromatic N) is 1. The minimum atomic E-state index is -3.86. The first kappa shape index (κ1) is 12.2. The SMILES string of the molecule is COC(=O)NS(=O)(=O)N1CCCCC1N. The van der Waals surface area contributed by atoms with Crippen molar-refractivity contribution in [2.24, 2.45) is 5.73 Å². The highest BCUT2D eigenvalue weighted by molar-refractivity contribution is 7.87. The highest BCUT2D eigenvalue weighted by Gasteiger charge is 2.31. The van der Waals surface area contributed by atoms with Crippen LogP contribution in [0, 0.1) is 0 Å². The molecule has 0 spiro atoms. The van der Waals surface area contributed by atoms with Gasteiger partial charge in [-0.15, -0.1) is 0 Å². The van der Waals surface area contributed by atoms with Crippen molar-refractivity contribution in [1.29, 1.82) is 0 Å². The van der Waals surface area contributed by atoms with E-state index in [1.807, 2.05) is 0 Å². The highest BCUT2D eigenvalue weighted by atomic mass is 32.2. The van der Waals surface area contributed by atoms with Crippen molar-refractivity contribution in [2.75, 3.05) is 13.7 Å². The van der Waals surface area contributed by atoms with Gasteiger partial charge in [0.1, 0.15) is 0 Å². The summed E-state index contributed by atoms with van der Waals surface area (Å²) in [4.78, 5) is 10.8. The monoisotopic (exact) mass is 237 g/mol. The maximum Gasteiger partial charge on any atom is 0.421 e. The van der Waals surface area contributed by atoms with Gasteiger partial charge in [-0.25, -0.2) is 9.52 Å². The predicted octanol–water partition coefficient (Wildman–Crippen LogP) is -0.642. The van der Waals surface area contributed by atoms with E-state index in [2.05, 4.69) is 4.74 Å². The third-order valence-electron chi connectivity index (χ3n) is 2.20. The predicted molar refractivity (Wildman–Crippen MR) is 53.0 cm³/mol. The molecule has 0 aromatic carbocycles. The average Bonchev–Trinajstić information content (AvgIpc) is 2.17. The first-order valence-corrected chi connectivity index (χ1v) is 6.04. The van der Waals surface area contributed by atoms with Crippen LogP contribution in [-0.4, -0.2) is 38.6 Å². The molecule has 1 amide bonds. The van der Waals surface area contributed by atoms with E-state index in [9.17, 15) is 13.2 Å². The number of hydrogen-bond donors (Lipinski definition) is 2. The van der Waals surface area contributed by atoms with Crippen LogP contribution in [0.4, 0.5) is 4.79 Å². The Kier molecular flexibility index (Phi) is 3.89. The van der Waals surface area contributed by atoms with Gasteiger partial charge in [0, 0.05) is 6.54 Å². The molecule has 1 saturated heterocycles. The lowest BCUT2D eigenvalue weighted by atomic mass is 10.1. The first-order valence-electron chi connectivity index (χ1n) is 4.60. The smallest absolute Gasteiger partial charge is 0.421 e. The summed E-state index contributed by atoms with van der Waals surface area (Å²) in [6.45, 7) is 0.327. The number of nitrogens with one attached hydrogen (secondary N) is 1. The molecule has 88 valence electrons. The van der Waals surface area contributed by atoms with Crippen LogP contribution in [0.1, 0.15) is 19.3 Å². The van der Waals surface area contributed by atoms with Gasteiger partial charge in [-0.2, -0.15) is 12.7 Å². The van der Waals surface area contributed by atoms with E-state index in [0.29, 0.717) is 13.0 Å². The molecular weight excluding hydrogens is 222 g/mol. The third kappa shape index (κ3) is 3.05. The molecule has 8 heteroatoms. The van der Waals surface area contributed by atoms with E-state index in [-0.39, 0.29) is 0 Å². The van der Waals surface area contributed by atoms with Crippen LogP contribution in [-0.2, 0) is 14.9 Å². The summed E-state index contributed by atoms with van der Waals surface area (Å²) >= 11 is 0. The Morgan fingerprint density at radius 2 is 2.20 bits per heavy atom. The zero-order valence-corrected chi connectivity index (χ0v) is 9.29. The molecule has 7 nitrogen and oxygen atoms in total. The van der Waals surface area contributed by atoms with Crippen LogP contribution in [0.3, 0.4) is 0 Å². The van der Waals surface area contributed by atoms with E-state index in [1.165, 1.54) is 0 Å². The van der Waals surface area contributed by atoms with Crippen molar-refractivity contribution >= 4 is 16.3 Å². The summed E-state index contributed by atoms with van der Waals surface area (Å²) in [7, 11) is -2.76. The Morgan fingerprint density at radius 3 is 2.73 bits per heavy atom. The largest absolute Gasteiger partial charge is 0.452 e. The van der Waals surface area contributed by atoms with E-state index in [4.69, 9.17) is 5.73 Å². The molecule has 1 fully saturated rings. The van der Waals surface area contributed by atoms with Gasteiger partial charge in [-0.1, -0.05) is 0 Å². The molecule has 1 heterocycles. The Bertz CT molecular complexity index is 329. The summed E-state index contributed by atoms with van der Waals surface area (Å²) in [5.41, 5.74) is 5.64. The Morgan fingerprint density at radius 1 is 1.53 bits per heavy atom. The van der Waals surface area contributed by atoms with Crippen molar-refractivity contribution in [1.82, 2.24) is 9.03 Å². The molecule has 1 atom stereocenters. The fourth-order valence-electron chi connectivity index (χ4n) is 1.43.